The molecule has 3 aromatic carbocycles. The Hall–Kier alpha value is -2.51. The number of benzene rings is 3. The van der Waals surface area contributed by atoms with Crippen LogP contribution >= 0.6 is 8.60 Å². The minimum atomic E-state index is -1.86. The molecule has 0 atom stereocenters. The molecule has 4 heteroatoms. The van der Waals surface area contributed by atoms with Crippen LogP contribution in [-0.4, -0.2) is 0 Å². The van der Waals surface area contributed by atoms with E-state index in [0.717, 1.165) is 33.9 Å². The van der Waals surface area contributed by atoms with E-state index in [9.17, 15) is 0 Å². The van der Waals surface area contributed by atoms with Gasteiger partial charge in [0, 0.05) is 16.7 Å². The number of hydrogen-bond donors (Lipinski definition) is 0. The van der Waals surface area contributed by atoms with Crippen molar-refractivity contribution in [3.05, 3.63) is 88.0 Å². The quantitative estimate of drug-likeness (QED) is 0.262. The molecule has 0 saturated heterocycles. The van der Waals surface area contributed by atoms with Crippen LogP contribution in [0.2, 0.25) is 0 Å². The second-order valence-electron chi connectivity index (χ2n) is 17.2. The Bertz CT molecular complexity index is 1340. The highest BCUT2D eigenvalue weighted by Crippen LogP contribution is 2.49. The lowest BCUT2D eigenvalue weighted by molar-refractivity contribution is 0.372. The molecule has 0 heterocycles. The molecule has 43 heavy (non-hydrogen) atoms. The van der Waals surface area contributed by atoms with Gasteiger partial charge in [-0.1, -0.05) is 146 Å². The standard InChI is InChI=1S/C39H57O3P/c1-26-17-20-32(29(23-26)37(8,9)10)40-43(41-33-21-18-27(35(2,3)4)24-30(33)38(11,12)13)42-34-22-19-28(36(5,6)7)25-31(34)39(14,15)16/h17-25H,1-16H3. The zero-order chi connectivity index (χ0) is 32.8. The predicted molar refractivity (Wildman–Crippen MR) is 186 cm³/mol. The molecule has 0 bridgehead atoms. The van der Waals surface area contributed by atoms with Crippen molar-refractivity contribution < 1.29 is 13.6 Å². The molecule has 3 aromatic rings. The van der Waals surface area contributed by atoms with E-state index >= 15 is 0 Å². The molecule has 0 spiro atoms. The third-order valence-corrected chi connectivity index (χ3v) is 8.81. The summed E-state index contributed by atoms with van der Waals surface area (Å²) in [4.78, 5) is 0. The van der Waals surface area contributed by atoms with Gasteiger partial charge < -0.3 is 13.6 Å². The fourth-order valence-electron chi connectivity index (χ4n) is 4.93. The summed E-state index contributed by atoms with van der Waals surface area (Å²) in [6.45, 7) is 35.6. The van der Waals surface area contributed by atoms with Crippen LogP contribution in [0, 0.1) is 6.92 Å². The van der Waals surface area contributed by atoms with Crippen molar-refractivity contribution >= 4 is 8.60 Å². The van der Waals surface area contributed by atoms with Crippen molar-refractivity contribution in [2.24, 2.45) is 0 Å². The van der Waals surface area contributed by atoms with Crippen LogP contribution in [0.25, 0.3) is 0 Å². The van der Waals surface area contributed by atoms with E-state index < -0.39 is 8.60 Å². The lowest BCUT2D eigenvalue weighted by Gasteiger charge is -2.30. The summed E-state index contributed by atoms with van der Waals surface area (Å²) >= 11 is 0. The molecule has 0 aliphatic heterocycles. The van der Waals surface area contributed by atoms with E-state index in [-0.39, 0.29) is 27.1 Å². The first kappa shape index (κ1) is 35.0. The molecular weight excluding hydrogens is 547 g/mol. The lowest BCUT2D eigenvalue weighted by Crippen LogP contribution is -2.19. The van der Waals surface area contributed by atoms with Crippen LogP contribution in [0.3, 0.4) is 0 Å². The van der Waals surface area contributed by atoms with Gasteiger partial charge >= 0.3 is 8.60 Å². The molecule has 3 nitrogen and oxygen atoms in total. The van der Waals surface area contributed by atoms with Crippen molar-refractivity contribution in [1.29, 1.82) is 0 Å². The minimum absolute atomic E-state index is 0.0240. The number of rotatable bonds is 6. The molecule has 0 aliphatic carbocycles. The van der Waals surface area contributed by atoms with E-state index in [2.05, 4.69) is 165 Å². The zero-order valence-electron chi connectivity index (χ0n) is 29.9. The van der Waals surface area contributed by atoms with E-state index in [1.807, 2.05) is 0 Å². The molecule has 0 fully saturated rings. The summed E-state index contributed by atoms with van der Waals surface area (Å²) in [5.74, 6) is 2.37. The predicted octanol–water partition coefficient (Wildman–Crippen LogP) is 12.2. The van der Waals surface area contributed by atoms with Gasteiger partial charge in [-0.05, 0) is 63.3 Å². The third-order valence-electron chi connectivity index (χ3n) is 7.77. The van der Waals surface area contributed by atoms with Crippen molar-refractivity contribution in [3.8, 4) is 17.2 Å². The fraction of sp³-hybridized carbons (Fsp3) is 0.538. The van der Waals surface area contributed by atoms with Crippen molar-refractivity contribution in [2.75, 3.05) is 0 Å². The molecule has 0 radical (unpaired) electrons. The van der Waals surface area contributed by atoms with Crippen LogP contribution in [0.5, 0.6) is 17.2 Å². The van der Waals surface area contributed by atoms with E-state index in [1.165, 1.54) is 16.7 Å². The summed E-state index contributed by atoms with van der Waals surface area (Å²) in [5.41, 5.74) is 6.82. The Morgan fingerprint density at radius 1 is 0.395 bits per heavy atom. The van der Waals surface area contributed by atoms with Crippen LogP contribution in [0.4, 0.5) is 0 Å². The second kappa shape index (κ2) is 12.1. The van der Waals surface area contributed by atoms with E-state index in [0.29, 0.717) is 0 Å². The Kier molecular flexibility index (Phi) is 9.85. The first-order valence-corrected chi connectivity index (χ1v) is 16.7. The maximum atomic E-state index is 6.83. The van der Waals surface area contributed by atoms with Crippen LogP contribution in [0.15, 0.2) is 54.6 Å². The van der Waals surface area contributed by atoms with Crippen LogP contribution in [-0.2, 0) is 27.1 Å². The van der Waals surface area contributed by atoms with Crippen molar-refractivity contribution in [2.45, 2.75) is 138 Å². The van der Waals surface area contributed by atoms with E-state index in [1.54, 1.807) is 0 Å². The van der Waals surface area contributed by atoms with Gasteiger partial charge in [0.1, 0.15) is 17.2 Å². The lowest BCUT2D eigenvalue weighted by atomic mass is 9.80. The van der Waals surface area contributed by atoms with Gasteiger partial charge in [-0.2, -0.15) is 0 Å². The van der Waals surface area contributed by atoms with Crippen molar-refractivity contribution in [1.82, 2.24) is 0 Å². The van der Waals surface area contributed by atoms with Gasteiger partial charge in [0.2, 0.25) is 0 Å². The highest BCUT2D eigenvalue weighted by Gasteiger charge is 2.32. The summed E-state index contributed by atoms with van der Waals surface area (Å²) < 4.78 is 20.4. The molecule has 0 aromatic heterocycles. The molecular formula is C39H57O3P. The molecule has 3 rings (SSSR count). The third kappa shape index (κ3) is 9.01. The topological polar surface area (TPSA) is 27.7 Å². The first-order valence-electron chi connectivity index (χ1n) is 15.6. The maximum absolute atomic E-state index is 6.83. The van der Waals surface area contributed by atoms with Gasteiger partial charge in [0.25, 0.3) is 0 Å². The second-order valence-corrected chi connectivity index (χ2v) is 18.2. The molecule has 0 unspecified atom stereocenters. The molecule has 0 amide bonds. The zero-order valence-corrected chi connectivity index (χ0v) is 30.8. The molecule has 0 N–H and O–H groups in total. The summed E-state index contributed by atoms with van der Waals surface area (Å²) in [5, 5.41) is 0. The Labute approximate surface area is 264 Å². The number of hydrogen-bond acceptors (Lipinski definition) is 3. The van der Waals surface area contributed by atoms with Gasteiger partial charge in [-0.25, -0.2) is 0 Å². The van der Waals surface area contributed by atoms with Gasteiger partial charge in [0.05, 0.1) is 0 Å². The fourth-order valence-corrected chi connectivity index (χ4v) is 6.00. The Balaban J connectivity index is 2.19. The highest BCUT2D eigenvalue weighted by molar-refractivity contribution is 7.43. The Morgan fingerprint density at radius 2 is 0.698 bits per heavy atom. The van der Waals surface area contributed by atoms with Crippen molar-refractivity contribution in [3.63, 3.8) is 0 Å². The smallest absolute Gasteiger partial charge is 0.408 e. The normalized spacial score (nSPS) is 13.3. The summed E-state index contributed by atoms with van der Waals surface area (Å²) in [6, 6.07) is 19.5. The van der Waals surface area contributed by atoms with E-state index in [4.69, 9.17) is 13.6 Å². The highest BCUT2D eigenvalue weighted by atomic mass is 31.2. The molecule has 236 valence electrons. The monoisotopic (exact) mass is 604 g/mol. The van der Waals surface area contributed by atoms with Gasteiger partial charge in [0.15, 0.2) is 0 Å². The van der Waals surface area contributed by atoms with Crippen LogP contribution in [0.1, 0.15) is 137 Å². The minimum Gasteiger partial charge on any atom is -0.408 e. The van der Waals surface area contributed by atoms with Gasteiger partial charge in [-0.15, -0.1) is 0 Å². The molecule has 0 aliphatic rings. The summed E-state index contributed by atoms with van der Waals surface area (Å²) in [7, 11) is -1.86. The largest absolute Gasteiger partial charge is 0.530 e. The van der Waals surface area contributed by atoms with Gasteiger partial charge in [-0.3, -0.25) is 0 Å². The van der Waals surface area contributed by atoms with Crippen LogP contribution < -0.4 is 13.6 Å². The first-order chi connectivity index (χ1) is 19.4. The average molecular weight is 605 g/mol. The summed E-state index contributed by atoms with van der Waals surface area (Å²) in [6.07, 6.45) is 0. The molecule has 0 saturated carbocycles. The Morgan fingerprint density at radius 3 is 1.00 bits per heavy atom. The SMILES string of the molecule is Cc1ccc(OP(Oc2ccc(C(C)(C)C)cc2C(C)(C)C)Oc2ccc(C(C)(C)C)cc2C(C)(C)C)c(C(C)(C)C)c1. The number of aryl methyl sites for hydroxylation is 1. The maximum Gasteiger partial charge on any atom is 0.530 e. The average Bonchev–Trinajstić information content (AvgIpc) is 2.82.